The largest absolute Gasteiger partial charge is 0.352 e. The maximum Gasteiger partial charge on any atom is 0.254 e. The number of halogens is 1. The monoisotopic (exact) mass is 431 g/mol. The van der Waals surface area contributed by atoms with Gasteiger partial charge in [0, 0.05) is 43.2 Å². The first-order valence-corrected chi connectivity index (χ1v) is 11.4. The van der Waals surface area contributed by atoms with Gasteiger partial charge in [-0.25, -0.2) is 0 Å². The van der Waals surface area contributed by atoms with Crippen LogP contribution >= 0.6 is 12.4 Å². The molecule has 6 heteroatoms. The molecule has 5 nitrogen and oxygen atoms in total. The number of amides is 2. The normalized spacial score (nSPS) is 34.4. The fourth-order valence-electron chi connectivity index (χ4n) is 6.83. The summed E-state index contributed by atoms with van der Waals surface area (Å²) in [4.78, 5) is 27.8. The second-order valence-electron chi connectivity index (χ2n) is 10.1. The average Bonchev–Trinajstić information content (AvgIpc) is 2.71. The zero-order chi connectivity index (χ0) is 20.0. The summed E-state index contributed by atoms with van der Waals surface area (Å²) in [7, 11) is 0. The van der Waals surface area contributed by atoms with Gasteiger partial charge < -0.3 is 15.5 Å². The molecular weight excluding hydrogens is 398 g/mol. The van der Waals surface area contributed by atoms with E-state index in [2.05, 4.69) is 17.6 Å². The third-order valence-electron chi connectivity index (χ3n) is 7.94. The number of carbonyl (C=O) groups excluding carboxylic acids is 2. The van der Waals surface area contributed by atoms with Crippen molar-refractivity contribution in [2.75, 3.05) is 19.6 Å². The lowest BCUT2D eigenvalue weighted by molar-refractivity contribution is -0.146. The molecule has 4 aliphatic carbocycles. The van der Waals surface area contributed by atoms with Crippen LogP contribution in [0.15, 0.2) is 24.3 Å². The number of benzene rings is 1. The number of rotatable bonds is 4. The Labute approximate surface area is 185 Å². The zero-order valence-electron chi connectivity index (χ0n) is 17.9. The van der Waals surface area contributed by atoms with Crippen LogP contribution in [-0.2, 0) is 11.3 Å². The van der Waals surface area contributed by atoms with E-state index in [-0.39, 0.29) is 35.7 Å². The molecule has 4 bridgehead atoms. The van der Waals surface area contributed by atoms with Crippen LogP contribution in [-0.4, -0.2) is 42.4 Å². The summed E-state index contributed by atoms with van der Waals surface area (Å²) in [6.45, 7) is 5.09. The molecule has 30 heavy (non-hydrogen) atoms. The molecule has 5 aliphatic rings. The Morgan fingerprint density at radius 1 is 1.07 bits per heavy atom. The lowest BCUT2D eigenvalue weighted by atomic mass is 9.49. The van der Waals surface area contributed by atoms with Crippen LogP contribution in [0, 0.1) is 23.2 Å². The van der Waals surface area contributed by atoms with Crippen molar-refractivity contribution in [2.45, 2.75) is 58.0 Å². The van der Waals surface area contributed by atoms with Crippen LogP contribution in [0.2, 0.25) is 0 Å². The van der Waals surface area contributed by atoms with Crippen molar-refractivity contribution in [1.29, 1.82) is 0 Å². The van der Waals surface area contributed by atoms with Gasteiger partial charge in [0.25, 0.3) is 5.91 Å². The summed E-state index contributed by atoms with van der Waals surface area (Å²) in [5.41, 5.74) is 1.70. The van der Waals surface area contributed by atoms with Crippen LogP contribution in [0.1, 0.15) is 61.4 Å². The smallest absolute Gasteiger partial charge is 0.254 e. The Bertz CT molecular complexity index is 759. The molecule has 0 radical (unpaired) electrons. The summed E-state index contributed by atoms with van der Waals surface area (Å²) in [6.07, 6.45) is 7.36. The molecule has 6 rings (SSSR count). The summed E-state index contributed by atoms with van der Waals surface area (Å²) >= 11 is 0. The van der Waals surface area contributed by atoms with Crippen LogP contribution < -0.4 is 10.6 Å². The van der Waals surface area contributed by atoms with E-state index in [1.165, 1.54) is 19.3 Å². The Kier molecular flexibility index (Phi) is 6.13. The fraction of sp³-hybridized carbons (Fsp3) is 0.667. The third-order valence-corrected chi connectivity index (χ3v) is 7.94. The van der Waals surface area contributed by atoms with Gasteiger partial charge in [0.05, 0.1) is 0 Å². The van der Waals surface area contributed by atoms with Gasteiger partial charge in [-0.1, -0.05) is 12.1 Å². The van der Waals surface area contributed by atoms with E-state index >= 15 is 0 Å². The van der Waals surface area contributed by atoms with Gasteiger partial charge in [0.2, 0.25) is 5.91 Å². The van der Waals surface area contributed by atoms with Crippen molar-refractivity contribution < 1.29 is 9.59 Å². The van der Waals surface area contributed by atoms with Crippen molar-refractivity contribution in [3.63, 3.8) is 0 Å². The lowest BCUT2D eigenvalue weighted by Crippen LogP contribution is -2.53. The van der Waals surface area contributed by atoms with Gasteiger partial charge in [-0.3, -0.25) is 9.59 Å². The maximum absolute atomic E-state index is 13.1. The molecular formula is C24H34ClN3O2. The van der Waals surface area contributed by atoms with E-state index in [1.807, 2.05) is 29.2 Å². The van der Waals surface area contributed by atoms with E-state index in [9.17, 15) is 9.59 Å². The highest BCUT2D eigenvalue weighted by Crippen LogP contribution is 2.60. The first kappa shape index (κ1) is 21.6. The Morgan fingerprint density at radius 3 is 2.23 bits per heavy atom. The number of nitrogens with one attached hydrogen (secondary N) is 2. The minimum Gasteiger partial charge on any atom is -0.352 e. The summed E-state index contributed by atoms with van der Waals surface area (Å²) in [5, 5.41) is 6.55. The van der Waals surface area contributed by atoms with Gasteiger partial charge in [-0.15, -0.1) is 12.4 Å². The number of nitrogens with zero attached hydrogens (tertiary/aromatic N) is 1. The maximum atomic E-state index is 13.1. The second-order valence-corrected chi connectivity index (χ2v) is 10.1. The van der Waals surface area contributed by atoms with E-state index in [4.69, 9.17) is 0 Å². The van der Waals surface area contributed by atoms with E-state index in [0.717, 1.165) is 67.8 Å². The molecule has 2 N–H and O–H groups in total. The highest BCUT2D eigenvalue weighted by Gasteiger charge is 2.54. The predicted molar refractivity (Wildman–Crippen MR) is 120 cm³/mol. The van der Waals surface area contributed by atoms with Crippen molar-refractivity contribution >= 4 is 24.2 Å². The van der Waals surface area contributed by atoms with Crippen molar-refractivity contribution in [3.8, 4) is 0 Å². The van der Waals surface area contributed by atoms with E-state index in [1.54, 1.807) is 0 Å². The molecule has 1 atom stereocenters. The summed E-state index contributed by atoms with van der Waals surface area (Å²) in [6, 6.07) is 8.00. The first-order chi connectivity index (χ1) is 14.0. The van der Waals surface area contributed by atoms with Gasteiger partial charge >= 0.3 is 0 Å². The Balaban J connectivity index is 0.00000218. The topological polar surface area (TPSA) is 61.4 Å². The van der Waals surface area contributed by atoms with Crippen molar-refractivity contribution in [3.05, 3.63) is 35.4 Å². The molecule has 4 saturated carbocycles. The van der Waals surface area contributed by atoms with Crippen LogP contribution in [0.5, 0.6) is 0 Å². The van der Waals surface area contributed by atoms with Crippen LogP contribution in [0.3, 0.4) is 0 Å². The zero-order valence-corrected chi connectivity index (χ0v) is 18.7. The fourth-order valence-corrected chi connectivity index (χ4v) is 6.83. The van der Waals surface area contributed by atoms with Crippen molar-refractivity contribution in [2.24, 2.45) is 23.2 Å². The Hall–Kier alpha value is -1.59. The minimum absolute atomic E-state index is 0. The summed E-state index contributed by atoms with van der Waals surface area (Å²) < 4.78 is 0. The molecule has 1 aromatic rings. The second kappa shape index (κ2) is 8.51. The van der Waals surface area contributed by atoms with Gasteiger partial charge in [-0.2, -0.15) is 0 Å². The molecule has 0 aromatic heterocycles. The number of carbonyl (C=O) groups is 2. The molecule has 1 aromatic carbocycles. The molecule has 1 saturated heterocycles. The average molecular weight is 432 g/mol. The molecule has 0 spiro atoms. The number of piperazine rings is 1. The molecule has 1 heterocycles. The van der Waals surface area contributed by atoms with Crippen molar-refractivity contribution in [1.82, 2.24) is 15.5 Å². The number of hydrogen-bond acceptors (Lipinski definition) is 3. The highest BCUT2D eigenvalue weighted by atomic mass is 35.5. The SMILES string of the molecule is C[C@H]1CNCCN1C(=O)c1ccc(CNC(=O)C23CC4CC(CC(C4)C2)C3)cc1.Cl. The first-order valence-electron chi connectivity index (χ1n) is 11.4. The van der Waals surface area contributed by atoms with Gasteiger partial charge in [0.15, 0.2) is 0 Å². The van der Waals surface area contributed by atoms with Crippen LogP contribution in [0.25, 0.3) is 0 Å². The van der Waals surface area contributed by atoms with Crippen LogP contribution in [0.4, 0.5) is 0 Å². The highest BCUT2D eigenvalue weighted by molar-refractivity contribution is 5.94. The third kappa shape index (κ3) is 3.99. The van der Waals surface area contributed by atoms with Gasteiger partial charge in [0.1, 0.15) is 0 Å². The van der Waals surface area contributed by atoms with E-state index in [0.29, 0.717) is 6.54 Å². The number of hydrogen-bond donors (Lipinski definition) is 2. The molecule has 164 valence electrons. The van der Waals surface area contributed by atoms with E-state index < -0.39 is 0 Å². The summed E-state index contributed by atoms with van der Waals surface area (Å²) in [5.74, 6) is 2.72. The predicted octanol–water partition coefficient (Wildman–Crippen LogP) is 3.37. The Morgan fingerprint density at radius 2 is 1.67 bits per heavy atom. The molecule has 5 fully saturated rings. The standard InChI is InChI=1S/C24H33N3O2.ClH/c1-16-14-25-6-7-27(16)22(28)21-4-2-17(3-5-21)15-26-23(29)24-11-18-8-19(12-24)10-20(9-18)13-24;/h2-5,16,18-20,25H,6-15H2,1H3,(H,26,29);1H/t16-,18?,19?,20?,24?;/m0./s1. The lowest BCUT2D eigenvalue weighted by Gasteiger charge is -2.55. The molecule has 2 amide bonds. The van der Waals surface area contributed by atoms with Gasteiger partial charge in [-0.05, 0) is 80.9 Å². The minimum atomic E-state index is -0.0942. The molecule has 1 aliphatic heterocycles. The molecule has 0 unspecified atom stereocenters. The quantitative estimate of drug-likeness (QED) is 0.768.